The van der Waals surface area contributed by atoms with Gasteiger partial charge in [0, 0.05) is 11.1 Å². The molecule has 1 amide bonds. The maximum absolute atomic E-state index is 12.1. The Labute approximate surface area is 111 Å². The Bertz CT molecular complexity index is 522. The number of carbonyl (C=O) groups excluding carboxylic acids is 1. The molecule has 2 rings (SSSR count). The number of hydrogen-bond donors (Lipinski definition) is 1. The maximum atomic E-state index is 12.1. The minimum absolute atomic E-state index is 0.0156. The summed E-state index contributed by atoms with van der Waals surface area (Å²) in [6.07, 6.45) is 2.76. The zero-order chi connectivity index (χ0) is 13.0. The van der Waals surface area contributed by atoms with Gasteiger partial charge >= 0.3 is 0 Å². The van der Waals surface area contributed by atoms with E-state index in [0.29, 0.717) is 5.13 Å². The number of thiazole rings is 1. The monoisotopic (exact) mass is 260 g/mol. The van der Waals surface area contributed by atoms with Crippen molar-refractivity contribution in [1.82, 2.24) is 4.98 Å². The second kappa shape index (κ2) is 5.78. The summed E-state index contributed by atoms with van der Waals surface area (Å²) in [5, 5.41) is 3.54. The minimum Gasteiger partial charge on any atom is -0.301 e. The molecule has 0 saturated carbocycles. The SMILES string of the molecule is CCc1cnc(NC(=O)C(C)c2ccccc2)s1. The highest BCUT2D eigenvalue weighted by atomic mass is 32.1. The number of amides is 1. The van der Waals surface area contributed by atoms with E-state index < -0.39 is 0 Å². The van der Waals surface area contributed by atoms with Crippen LogP contribution in [0.3, 0.4) is 0 Å². The molecule has 3 nitrogen and oxygen atoms in total. The van der Waals surface area contributed by atoms with Gasteiger partial charge in [-0.15, -0.1) is 11.3 Å². The molecule has 0 bridgehead atoms. The highest BCUT2D eigenvalue weighted by Gasteiger charge is 2.16. The largest absolute Gasteiger partial charge is 0.301 e. The molecule has 0 spiro atoms. The summed E-state index contributed by atoms with van der Waals surface area (Å²) in [4.78, 5) is 17.4. The van der Waals surface area contributed by atoms with E-state index in [1.165, 1.54) is 16.2 Å². The molecule has 2 aromatic rings. The van der Waals surface area contributed by atoms with Gasteiger partial charge < -0.3 is 5.32 Å². The molecule has 4 heteroatoms. The predicted octanol–water partition coefficient (Wildman–Crippen LogP) is 3.45. The number of nitrogens with zero attached hydrogens (tertiary/aromatic N) is 1. The minimum atomic E-state index is -0.167. The predicted molar refractivity (Wildman–Crippen MR) is 75.0 cm³/mol. The highest BCUT2D eigenvalue weighted by molar-refractivity contribution is 7.15. The van der Waals surface area contributed by atoms with Crippen molar-refractivity contribution >= 4 is 22.4 Å². The van der Waals surface area contributed by atoms with Gasteiger partial charge in [-0.25, -0.2) is 4.98 Å². The molecule has 0 fully saturated rings. The van der Waals surface area contributed by atoms with Crippen molar-refractivity contribution < 1.29 is 4.79 Å². The summed E-state index contributed by atoms with van der Waals surface area (Å²) < 4.78 is 0. The van der Waals surface area contributed by atoms with Crippen molar-refractivity contribution in [2.75, 3.05) is 5.32 Å². The van der Waals surface area contributed by atoms with Crippen LogP contribution in [0.25, 0.3) is 0 Å². The van der Waals surface area contributed by atoms with Crippen molar-refractivity contribution in [3.63, 3.8) is 0 Å². The van der Waals surface area contributed by atoms with E-state index >= 15 is 0 Å². The summed E-state index contributed by atoms with van der Waals surface area (Å²) in [6.45, 7) is 3.98. The molecule has 1 N–H and O–H groups in total. The normalized spacial score (nSPS) is 12.1. The van der Waals surface area contributed by atoms with E-state index in [1.54, 1.807) is 0 Å². The second-order valence-electron chi connectivity index (χ2n) is 4.11. The van der Waals surface area contributed by atoms with E-state index in [1.807, 2.05) is 43.5 Å². The van der Waals surface area contributed by atoms with Crippen LogP contribution >= 0.6 is 11.3 Å². The molecule has 0 aliphatic heterocycles. The standard InChI is InChI=1S/C14H16N2OS/c1-3-12-9-15-14(18-12)16-13(17)10(2)11-7-5-4-6-8-11/h4-10H,3H2,1-2H3,(H,15,16,17). The van der Waals surface area contributed by atoms with Crippen molar-refractivity contribution in [3.05, 3.63) is 47.0 Å². The molecular formula is C14H16N2OS. The molecule has 0 saturated heterocycles. The molecule has 1 atom stereocenters. The van der Waals surface area contributed by atoms with Gasteiger partial charge in [0.05, 0.1) is 5.92 Å². The average Bonchev–Trinajstić information content (AvgIpc) is 2.86. The zero-order valence-corrected chi connectivity index (χ0v) is 11.3. The molecule has 0 radical (unpaired) electrons. The molecule has 94 valence electrons. The molecular weight excluding hydrogens is 244 g/mol. The lowest BCUT2D eigenvalue weighted by molar-refractivity contribution is -0.117. The third kappa shape index (κ3) is 2.96. The average molecular weight is 260 g/mol. The van der Waals surface area contributed by atoms with Crippen LogP contribution in [-0.2, 0) is 11.2 Å². The first-order chi connectivity index (χ1) is 8.70. The van der Waals surface area contributed by atoms with Crippen LogP contribution in [0.2, 0.25) is 0 Å². The molecule has 18 heavy (non-hydrogen) atoms. The third-order valence-corrected chi connectivity index (χ3v) is 3.88. The molecule has 1 heterocycles. The van der Waals surface area contributed by atoms with Crippen LogP contribution in [0.4, 0.5) is 5.13 Å². The Kier molecular flexibility index (Phi) is 4.10. The van der Waals surface area contributed by atoms with Gasteiger partial charge in [0.1, 0.15) is 0 Å². The smallest absolute Gasteiger partial charge is 0.233 e. The fourth-order valence-corrected chi connectivity index (χ4v) is 2.39. The first-order valence-corrected chi connectivity index (χ1v) is 6.83. The van der Waals surface area contributed by atoms with Gasteiger partial charge in [-0.2, -0.15) is 0 Å². The van der Waals surface area contributed by atoms with Crippen molar-refractivity contribution in [3.8, 4) is 0 Å². The molecule has 1 aromatic heterocycles. The molecule has 1 unspecified atom stereocenters. The number of benzene rings is 1. The first-order valence-electron chi connectivity index (χ1n) is 6.01. The summed E-state index contributed by atoms with van der Waals surface area (Å²) in [5.41, 5.74) is 1.02. The zero-order valence-electron chi connectivity index (χ0n) is 10.5. The number of hydrogen-bond acceptors (Lipinski definition) is 3. The first kappa shape index (κ1) is 12.8. The van der Waals surface area contributed by atoms with Gasteiger partial charge in [-0.1, -0.05) is 37.3 Å². The van der Waals surface area contributed by atoms with E-state index in [0.717, 1.165) is 12.0 Å². The van der Waals surface area contributed by atoms with Crippen LogP contribution in [0.15, 0.2) is 36.5 Å². The number of carbonyl (C=O) groups is 1. The lowest BCUT2D eigenvalue weighted by Crippen LogP contribution is -2.18. The fraction of sp³-hybridized carbons (Fsp3) is 0.286. The van der Waals surface area contributed by atoms with Crippen LogP contribution in [0.1, 0.15) is 30.2 Å². The number of aromatic nitrogens is 1. The number of anilines is 1. The van der Waals surface area contributed by atoms with Gasteiger partial charge in [0.2, 0.25) is 5.91 Å². The lowest BCUT2D eigenvalue weighted by Gasteiger charge is -2.10. The molecule has 0 aliphatic rings. The van der Waals surface area contributed by atoms with Crippen LogP contribution < -0.4 is 5.32 Å². The molecule has 0 aliphatic carbocycles. The van der Waals surface area contributed by atoms with E-state index in [9.17, 15) is 4.79 Å². The summed E-state index contributed by atoms with van der Waals surface area (Å²) in [5.74, 6) is -0.182. The third-order valence-electron chi connectivity index (χ3n) is 2.83. The van der Waals surface area contributed by atoms with Gasteiger partial charge in [-0.05, 0) is 18.9 Å². The Morgan fingerprint density at radius 2 is 2.11 bits per heavy atom. The maximum Gasteiger partial charge on any atom is 0.233 e. The Morgan fingerprint density at radius 3 is 2.72 bits per heavy atom. The van der Waals surface area contributed by atoms with Crippen LogP contribution in [-0.4, -0.2) is 10.9 Å². The van der Waals surface area contributed by atoms with Gasteiger partial charge in [0.15, 0.2) is 5.13 Å². The Hall–Kier alpha value is -1.68. The Balaban J connectivity index is 2.04. The molecule has 1 aromatic carbocycles. The van der Waals surface area contributed by atoms with E-state index in [-0.39, 0.29) is 11.8 Å². The summed E-state index contributed by atoms with van der Waals surface area (Å²) in [6, 6.07) is 9.75. The van der Waals surface area contributed by atoms with Crippen molar-refractivity contribution in [1.29, 1.82) is 0 Å². The van der Waals surface area contributed by atoms with Crippen LogP contribution in [0.5, 0.6) is 0 Å². The topological polar surface area (TPSA) is 42.0 Å². The van der Waals surface area contributed by atoms with Crippen molar-refractivity contribution in [2.24, 2.45) is 0 Å². The summed E-state index contributed by atoms with van der Waals surface area (Å²) >= 11 is 1.53. The van der Waals surface area contributed by atoms with Gasteiger partial charge in [0.25, 0.3) is 0 Å². The second-order valence-corrected chi connectivity index (χ2v) is 5.22. The fourth-order valence-electron chi connectivity index (χ4n) is 1.64. The van der Waals surface area contributed by atoms with Crippen molar-refractivity contribution in [2.45, 2.75) is 26.2 Å². The van der Waals surface area contributed by atoms with E-state index in [2.05, 4.69) is 17.2 Å². The lowest BCUT2D eigenvalue weighted by atomic mass is 10.0. The number of aryl methyl sites for hydroxylation is 1. The highest BCUT2D eigenvalue weighted by Crippen LogP contribution is 2.21. The Morgan fingerprint density at radius 1 is 1.39 bits per heavy atom. The van der Waals surface area contributed by atoms with Gasteiger partial charge in [-0.3, -0.25) is 4.79 Å². The quantitative estimate of drug-likeness (QED) is 0.915. The summed E-state index contributed by atoms with van der Waals surface area (Å²) in [7, 11) is 0. The number of nitrogens with one attached hydrogen (secondary N) is 1. The van der Waals surface area contributed by atoms with E-state index in [4.69, 9.17) is 0 Å². The van der Waals surface area contributed by atoms with Crippen LogP contribution in [0, 0.1) is 0 Å². The number of rotatable bonds is 4.